The van der Waals surface area contributed by atoms with E-state index in [9.17, 15) is 0 Å². The molecule has 2 aromatic rings. The van der Waals surface area contributed by atoms with Crippen molar-refractivity contribution in [2.24, 2.45) is 13.0 Å². The largest absolute Gasteiger partial charge is 0.311 e. The summed E-state index contributed by atoms with van der Waals surface area (Å²) in [5, 5.41) is 8.75. The molecule has 1 aliphatic heterocycles. The van der Waals surface area contributed by atoms with Gasteiger partial charge >= 0.3 is 0 Å². The molecule has 0 amide bonds. The highest BCUT2D eigenvalue weighted by atomic mass is 35.5. The Balaban J connectivity index is 1.67. The van der Waals surface area contributed by atoms with E-state index in [2.05, 4.69) is 52.6 Å². The molecule has 136 valence electrons. The third-order valence-electron chi connectivity index (χ3n) is 5.35. The lowest BCUT2D eigenvalue weighted by atomic mass is 9.95. The highest BCUT2D eigenvalue weighted by Gasteiger charge is 2.24. The Kier molecular flexibility index (Phi) is 6.15. The lowest BCUT2D eigenvalue weighted by molar-refractivity contribution is 0.135. The van der Waals surface area contributed by atoms with E-state index >= 15 is 0 Å². The van der Waals surface area contributed by atoms with E-state index in [0.29, 0.717) is 6.04 Å². The molecule has 1 aromatic heterocycles. The van der Waals surface area contributed by atoms with Gasteiger partial charge in [0.25, 0.3) is 0 Å². The number of nitrogens with one attached hydrogen (secondary N) is 1. The third kappa shape index (κ3) is 4.43. The van der Waals surface area contributed by atoms with Gasteiger partial charge in [-0.1, -0.05) is 48.9 Å². The van der Waals surface area contributed by atoms with Crippen LogP contribution in [0.15, 0.2) is 30.3 Å². The normalized spacial score (nSPS) is 17.8. The predicted octanol–water partition coefficient (Wildman–Crippen LogP) is 3.94. The Bertz CT molecular complexity index is 675. The Morgan fingerprint density at radius 3 is 2.52 bits per heavy atom. The quantitative estimate of drug-likeness (QED) is 0.846. The van der Waals surface area contributed by atoms with E-state index in [-0.39, 0.29) is 0 Å². The smallest absolute Gasteiger partial charge is 0.131 e. The molecule has 2 heterocycles. The molecule has 0 saturated carbocycles. The highest BCUT2D eigenvalue weighted by molar-refractivity contribution is 6.30. The number of aryl methyl sites for hydroxylation is 2. The minimum absolute atomic E-state index is 0.407. The van der Waals surface area contributed by atoms with Gasteiger partial charge in [0.15, 0.2) is 0 Å². The van der Waals surface area contributed by atoms with Gasteiger partial charge in [0.1, 0.15) is 5.15 Å². The minimum atomic E-state index is 0.407. The van der Waals surface area contributed by atoms with Gasteiger partial charge in [-0.2, -0.15) is 5.10 Å². The number of nitrogens with zero attached hydrogens (tertiary/aromatic N) is 3. The minimum Gasteiger partial charge on any atom is -0.311 e. The summed E-state index contributed by atoms with van der Waals surface area (Å²) in [6.07, 6.45) is 2.58. The summed E-state index contributed by atoms with van der Waals surface area (Å²) >= 11 is 6.36. The first-order valence-electron chi connectivity index (χ1n) is 9.24. The summed E-state index contributed by atoms with van der Waals surface area (Å²) in [5.74, 6) is 0.845. The van der Waals surface area contributed by atoms with Crippen molar-refractivity contribution in [1.82, 2.24) is 20.0 Å². The van der Waals surface area contributed by atoms with Crippen molar-refractivity contribution in [2.75, 3.05) is 19.6 Å². The van der Waals surface area contributed by atoms with E-state index in [1.54, 1.807) is 4.68 Å². The topological polar surface area (TPSA) is 33.1 Å². The van der Waals surface area contributed by atoms with Gasteiger partial charge in [0, 0.05) is 31.7 Å². The van der Waals surface area contributed by atoms with Crippen LogP contribution in [0.1, 0.15) is 42.6 Å². The van der Waals surface area contributed by atoms with Crippen LogP contribution in [-0.2, 0) is 13.6 Å². The monoisotopic (exact) mass is 360 g/mol. The molecule has 1 aliphatic rings. The maximum atomic E-state index is 6.36. The molecule has 1 saturated heterocycles. The van der Waals surface area contributed by atoms with Crippen LogP contribution < -0.4 is 5.32 Å². The van der Waals surface area contributed by atoms with Crippen LogP contribution in [0, 0.1) is 12.8 Å². The van der Waals surface area contributed by atoms with Crippen molar-refractivity contribution >= 4 is 11.6 Å². The van der Waals surface area contributed by atoms with Crippen LogP contribution in [0.4, 0.5) is 0 Å². The van der Waals surface area contributed by atoms with Crippen molar-refractivity contribution in [1.29, 1.82) is 0 Å². The number of piperidine rings is 1. The molecule has 1 atom stereocenters. The van der Waals surface area contributed by atoms with Gasteiger partial charge < -0.3 is 5.32 Å². The van der Waals surface area contributed by atoms with Gasteiger partial charge in [-0.15, -0.1) is 0 Å². The Labute approximate surface area is 156 Å². The summed E-state index contributed by atoms with van der Waals surface area (Å²) in [4.78, 5) is 2.63. The number of likely N-dealkylation sites (tertiary alicyclic amines) is 1. The van der Waals surface area contributed by atoms with Crippen molar-refractivity contribution in [3.63, 3.8) is 0 Å². The van der Waals surface area contributed by atoms with E-state index in [4.69, 9.17) is 11.6 Å². The van der Waals surface area contributed by atoms with E-state index in [0.717, 1.165) is 35.4 Å². The lowest BCUT2D eigenvalue weighted by Crippen LogP contribution is -2.40. The number of hydrogen-bond donors (Lipinski definition) is 1. The Morgan fingerprint density at radius 1 is 1.24 bits per heavy atom. The van der Waals surface area contributed by atoms with Gasteiger partial charge in [0.05, 0.1) is 5.69 Å². The molecule has 4 nitrogen and oxygen atoms in total. The Hall–Kier alpha value is -1.36. The third-order valence-corrected chi connectivity index (χ3v) is 5.83. The number of rotatable bonds is 6. The first kappa shape index (κ1) is 18.4. The second-order valence-corrected chi connectivity index (χ2v) is 7.61. The second kappa shape index (κ2) is 8.35. The zero-order valence-electron chi connectivity index (χ0n) is 15.5. The van der Waals surface area contributed by atoms with Crippen LogP contribution in [-0.4, -0.2) is 34.3 Å². The van der Waals surface area contributed by atoms with E-state index in [1.807, 2.05) is 14.0 Å². The van der Waals surface area contributed by atoms with Crippen LogP contribution in [0.5, 0.6) is 0 Å². The molecule has 5 heteroatoms. The lowest BCUT2D eigenvalue weighted by Gasteiger charge is -2.37. The molecule has 1 fully saturated rings. The molecule has 0 unspecified atom stereocenters. The standard InChI is InChI=1S/C20H29ClN4/c1-15-9-11-25(12-10-15)19(17-7-5-4-6-8-17)14-22-13-18-16(2)23-24(3)20(18)21/h4-8,15,19,22H,9-14H2,1-3H3/t19-/m0/s1. The van der Waals surface area contributed by atoms with Crippen LogP contribution >= 0.6 is 11.6 Å². The Morgan fingerprint density at radius 2 is 1.92 bits per heavy atom. The summed E-state index contributed by atoms with van der Waals surface area (Å²) in [7, 11) is 1.89. The van der Waals surface area contributed by atoms with Crippen LogP contribution in [0.2, 0.25) is 5.15 Å². The first-order chi connectivity index (χ1) is 12.1. The molecule has 0 aliphatic carbocycles. The average Bonchev–Trinajstić information content (AvgIpc) is 2.86. The molecular formula is C20H29ClN4. The van der Waals surface area contributed by atoms with Crippen molar-refractivity contribution in [3.05, 3.63) is 52.3 Å². The van der Waals surface area contributed by atoms with E-state index < -0.39 is 0 Å². The number of halogens is 1. The zero-order valence-corrected chi connectivity index (χ0v) is 16.3. The van der Waals surface area contributed by atoms with Crippen molar-refractivity contribution in [2.45, 2.75) is 39.3 Å². The number of aromatic nitrogens is 2. The van der Waals surface area contributed by atoms with Gasteiger partial charge in [-0.05, 0) is 44.3 Å². The van der Waals surface area contributed by atoms with Crippen molar-refractivity contribution in [3.8, 4) is 0 Å². The number of benzene rings is 1. The summed E-state index contributed by atoms with van der Waals surface area (Å²) in [6.45, 7) is 8.41. The maximum absolute atomic E-state index is 6.36. The molecule has 0 bridgehead atoms. The fourth-order valence-corrected chi connectivity index (χ4v) is 3.92. The summed E-state index contributed by atoms with van der Waals surface area (Å²) in [6, 6.07) is 11.3. The SMILES string of the molecule is Cc1nn(C)c(Cl)c1CNC[C@@H](c1ccccc1)N1CCC(C)CC1. The second-order valence-electron chi connectivity index (χ2n) is 7.25. The first-order valence-corrected chi connectivity index (χ1v) is 9.61. The van der Waals surface area contributed by atoms with Crippen molar-refractivity contribution < 1.29 is 0 Å². The van der Waals surface area contributed by atoms with Gasteiger partial charge in [-0.3, -0.25) is 9.58 Å². The molecule has 1 N–H and O–H groups in total. The highest BCUT2D eigenvalue weighted by Crippen LogP contribution is 2.26. The predicted molar refractivity (Wildman–Crippen MR) is 104 cm³/mol. The fourth-order valence-electron chi connectivity index (χ4n) is 3.68. The molecule has 3 rings (SSSR count). The summed E-state index contributed by atoms with van der Waals surface area (Å²) < 4.78 is 1.74. The van der Waals surface area contributed by atoms with Gasteiger partial charge in [0.2, 0.25) is 0 Å². The molecule has 0 radical (unpaired) electrons. The van der Waals surface area contributed by atoms with Crippen LogP contribution in [0.3, 0.4) is 0 Å². The molecular weight excluding hydrogens is 332 g/mol. The molecule has 25 heavy (non-hydrogen) atoms. The summed E-state index contributed by atoms with van der Waals surface area (Å²) in [5.41, 5.74) is 3.49. The number of hydrogen-bond acceptors (Lipinski definition) is 3. The fraction of sp³-hybridized carbons (Fsp3) is 0.550. The van der Waals surface area contributed by atoms with Crippen LogP contribution in [0.25, 0.3) is 0 Å². The average molecular weight is 361 g/mol. The molecule has 0 spiro atoms. The molecule has 1 aromatic carbocycles. The van der Waals surface area contributed by atoms with E-state index in [1.165, 1.54) is 31.5 Å². The zero-order chi connectivity index (χ0) is 17.8. The van der Waals surface area contributed by atoms with Gasteiger partial charge in [-0.25, -0.2) is 0 Å². The maximum Gasteiger partial charge on any atom is 0.131 e.